The van der Waals surface area contributed by atoms with Crippen molar-refractivity contribution in [1.29, 1.82) is 0 Å². The molecule has 0 fully saturated rings. The van der Waals surface area contributed by atoms with Gasteiger partial charge in [0.05, 0.1) is 17.9 Å². The molecule has 3 rings (SSSR count). The number of hydrogen-bond donors (Lipinski definition) is 4. The summed E-state index contributed by atoms with van der Waals surface area (Å²) in [4.78, 5) is 14.1. The number of hydrogen-bond acceptors (Lipinski definition) is 8. The third-order valence-electron chi connectivity index (χ3n) is 4.53. The number of benzene rings is 1. The van der Waals surface area contributed by atoms with Crippen molar-refractivity contribution in [3.8, 4) is 5.75 Å². The number of amides is 1. The fraction of sp³-hybridized carbons (Fsp3) is 0.350. The van der Waals surface area contributed by atoms with Crippen LogP contribution in [-0.4, -0.2) is 40.4 Å². The SMILES string of the molecule is CN(C)C(=O)c1cccc(Nc2c(N[C@@H](c3ccco3)C(C)(C)C)no[n+]2O)c1O. The van der Waals surface area contributed by atoms with Crippen molar-refractivity contribution in [3.63, 3.8) is 0 Å². The van der Waals surface area contributed by atoms with E-state index in [-0.39, 0.29) is 46.0 Å². The highest BCUT2D eigenvalue weighted by molar-refractivity contribution is 5.98. The molecule has 0 aliphatic heterocycles. The zero-order valence-electron chi connectivity index (χ0n) is 17.5. The lowest BCUT2D eigenvalue weighted by Crippen LogP contribution is -2.31. The maximum Gasteiger partial charge on any atom is 0.370 e. The smallest absolute Gasteiger partial charge is 0.370 e. The predicted molar refractivity (Wildman–Crippen MR) is 108 cm³/mol. The minimum absolute atomic E-state index is 0.0422. The molecule has 1 aromatic carbocycles. The van der Waals surface area contributed by atoms with Crippen LogP contribution in [0.5, 0.6) is 5.75 Å². The first-order chi connectivity index (χ1) is 14.1. The van der Waals surface area contributed by atoms with Gasteiger partial charge in [-0.15, -0.1) is 0 Å². The van der Waals surface area contributed by atoms with Gasteiger partial charge in [0.15, 0.2) is 5.75 Å². The minimum atomic E-state index is -0.359. The number of nitrogens with one attached hydrogen (secondary N) is 2. The van der Waals surface area contributed by atoms with E-state index in [1.165, 1.54) is 11.0 Å². The van der Waals surface area contributed by atoms with Crippen molar-refractivity contribution >= 4 is 23.2 Å². The van der Waals surface area contributed by atoms with Gasteiger partial charge in [-0.25, -0.2) is 0 Å². The molecule has 2 heterocycles. The third kappa shape index (κ3) is 4.17. The monoisotopic (exact) mass is 416 g/mol. The Balaban J connectivity index is 1.94. The number of nitrogens with zero attached hydrogens (tertiary/aromatic N) is 3. The number of anilines is 3. The predicted octanol–water partition coefficient (Wildman–Crippen LogP) is 3.14. The molecule has 0 unspecified atom stereocenters. The van der Waals surface area contributed by atoms with Crippen LogP contribution in [0.25, 0.3) is 0 Å². The number of carbonyl (C=O) groups excluding carboxylic acids is 1. The molecule has 30 heavy (non-hydrogen) atoms. The number of phenols is 1. The van der Waals surface area contributed by atoms with E-state index < -0.39 is 0 Å². The van der Waals surface area contributed by atoms with Crippen molar-refractivity contribution < 1.29 is 29.1 Å². The Morgan fingerprint density at radius 3 is 2.57 bits per heavy atom. The lowest BCUT2D eigenvalue weighted by molar-refractivity contribution is -1.03. The molecule has 2 aromatic heterocycles. The van der Waals surface area contributed by atoms with Gasteiger partial charge in [-0.3, -0.25) is 10.1 Å². The Labute approximate surface area is 173 Å². The number of furan rings is 1. The summed E-state index contributed by atoms with van der Waals surface area (Å²) in [6.07, 6.45) is 1.58. The number of phenolic OH excluding ortho intramolecular Hbond substituents is 1. The summed E-state index contributed by atoms with van der Waals surface area (Å²) < 4.78 is 10.4. The first kappa shape index (κ1) is 21.0. The summed E-state index contributed by atoms with van der Waals surface area (Å²) >= 11 is 0. The summed E-state index contributed by atoms with van der Waals surface area (Å²) in [7, 11) is 3.18. The Kier molecular flexibility index (Phi) is 5.59. The number of rotatable bonds is 6. The Hall–Kier alpha value is -3.69. The molecule has 0 bridgehead atoms. The molecule has 160 valence electrons. The van der Waals surface area contributed by atoms with Gasteiger partial charge in [-0.1, -0.05) is 31.5 Å². The van der Waals surface area contributed by atoms with Crippen LogP contribution >= 0.6 is 0 Å². The van der Waals surface area contributed by atoms with Gasteiger partial charge in [0.25, 0.3) is 5.91 Å². The number of carbonyl (C=O) groups is 1. The normalized spacial score (nSPS) is 12.4. The van der Waals surface area contributed by atoms with Gasteiger partial charge < -0.3 is 24.9 Å². The van der Waals surface area contributed by atoms with Gasteiger partial charge >= 0.3 is 11.6 Å². The Bertz CT molecular complexity index is 1020. The molecule has 0 saturated heterocycles. The van der Waals surface area contributed by atoms with Crippen molar-refractivity contribution in [2.75, 3.05) is 24.7 Å². The van der Waals surface area contributed by atoms with Crippen LogP contribution in [0.1, 0.15) is 42.9 Å². The van der Waals surface area contributed by atoms with Crippen LogP contribution in [-0.2, 0) is 0 Å². The van der Waals surface area contributed by atoms with E-state index in [0.717, 1.165) is 0 Å². The molecular weight excluding hydrogens is 390 g/mol. The molecule has 0 saturated carbocycles. The molecule has 4 N–H and O–H groups in total. The first-order valence-electron chi connectivity index (χ1n) is 9.31. The zero-order chi connectivity index (χ0) is 22.1. The second kappa shape index (κ2) is 7.97. The molecule has 0 aliphatic carbocycles. The molecule has 3 aromatic rings. The summed E-state index contributed by atoms with van der Waals surface area (Å²) in [5, 5.41) is 30.6. The minimum Gasteiger partial charge on any atom is -0.504 e. The van der Waals surface area contributed by atoms with E-state index in [2.05, 4.69) is 15.8 Å². The van der Waals surface area contributed by atoms with Crippen LogP contribution in [0.4, 0.5) is 17.3 Å². The second-order valence-electron chi connectivity index (χ2n) is 8.13. The molecule has 1 atom stereocenters. The van der Waals surface area contributed by atoms with Gasteiger partial charge in [0, 0.05) is 14.1 Å². The second-order valence-corrected chi connectivity index (χ2v) is 8.13. The van der Waals surface area contributed by atoms with E-state index in [1.54, 1.807) is 38.6 Å². The zero-order valence-corrected chi connectivity index (χ0v) is 17.5. The summed E-state index contributed by atoms with van der Waals surface area (Å²) in [5.41, 5.74) is 0.0415. The Morgan fingerprint density at radius 1 is 1.23 bits per heavy atom. The maximum atomic E-state index is 12.3. The highest BCUT2D eigenvalue weighted by atomic mass is 16.8. The van der Waals surface area contributed by atoms with Crippen molar-refractivity contribution in [2.24, 2.45) is 5.41 Å². The van der Waals surface area contributed by atoms with Gasteiger partial charge in [-0.05, 0) is 29.7 Å². The maximum absolute atomic E-state index is 12.3. The van der Waals surface area contributed by atoms with Gasteiger partial charge in [0.2, 0.25) is 0 Å². The summed E-state index contributed by atoms with van der Waals surface area (Å²) in [6.45, 7) is 6.07. The van der Waals surface area contributed by atoms with Crippen LogP contribution in [0, 0.1) is 5.41 Å². The highest BCUT2D eigenvalue weighted by Gasteiger charge is 2.34. The van der Waals surface area contributed by atoms with Crippen LogP contribution in [0.15, 0.2) is 45.6 Å². The fourth-order valence-corrected chi connectivity index (χ4v) is 2.95. The summed E-state index contributed by atoms with van der Waals surface area (Å²) in [6, 6.07) is 8.01. The fourth-order valence-electron chi connectivity index (χ4n) is 2.95. The molecule has 0 aliphatic rings. The molecule has 0 radical (unpaired) electrons. The third-order valence-corrected chi connectivity index (χ3v) is 4.53. The largest absolute Gasteiger partial charge is 0.504 e. The van der Waals surface area contributed by atoms with Crippen LogP contribution in [0.3, 0.4) is 0 Å². The van der Waals surface area contributed by atoms with E-state index >= 15 is 0 Å². The van der Waals surface area contributed by atoms with Crippen LogP contribution < -0.4 is 15.5 Å². The van der Waals surface area contributed by atoms with E-state index in [9.17, 15) is 15.1 Å². The van der Waals surface area contributed by atoms with E-state index in [0.29, 0.717) is 10.7 Å². The standard InChI is InChI=1S/C20H25N5O5/c1-20(2,3)16(14-10-7-11-29-14)22-17-18(25(28)30-23-17)21-13-9-6-8-12(15(13)26)19(27)24(4)5/h6-11,16,28H,1-5H3,(H2,22,23,26,27)/p+1/t16-/m0/s1. The summed E-state index contributed by atoms with van der Waals surface area (Å²) in [5.74, 6) is 0.296. The molecule has 1 amide bonds. The van der Waals surface area contributed by atoms with Gasteiger partial charge in [-0.2, -0.15) is 0 Å². The van der Waals surface area contributed by atoms with Crippen LogP contribution in [0.2, 0.25) is 0 Å². The lowest BCUT2D eigenvalue weighted by atomic mass is 9.85. The molecular formula is C20H26N5O5+. The number of para-hydroxylation sites is 1. The number of aromatic nitrogens is 2. The van der Waals surface area contributed by atoms with Gasteiger partial charge in [0.1, 0.15) is 21.5 Å². The number of aromatic hydroxyl groups is 1. The van der Waals surface area contributed by atoms with E-state index in [4.69, 9.17) is 9.05 Å². The average molecular weight is 416 g/mol. The molecule has 10 heteroatoms. The van der Waals surface area contributed by atoms with Crippen molar-refractivity contribution in [1.82, 2.24) is 10.1 Å². The molecule has 10 nitrogen and oxygen atoms in total. The Morgan fingerprint density at radius 2 is 1.97 bits per heavy atom. The highest BCUT2D eigenvalue weighted by Crippen LogP contribution is 2.38. The van der Waals surface area contributed by atoms with Crippen molar-refractivity contribution in [2.45, 2.75) is 26.8 Å². The lowest BCUT2D eigenvalue weighted by Gasteiger charge is -2.28. The topological polar surface area (TPSA) is 128 Å². The first-order valence-corrected chi connectivity index (χ1v) is 9.31. The van der Waals surface area contributed by atoms with Crippen molar-refractivity contribution in [3.05, 3.63) is 47.9 Å². The van der Waals surface area contributed by atoms with E-state index in [1.807, 2.05) is 26.8 Å². The molecule has 0 spiro atoms. The average Bonchev–Trinajstić information content (AvgIpc) is 3.31. The quantitative estimate of drug-likeness (QED) is 0.356.